The highest BCUT2D eigenvalue weighted by molar-refractivity contribution is 6.04. The summed E-state index contributed by atoms with van der Waals surface area (Å²) in [6.07, 6.45) is 1.54. The molecule has 2 aromatic rings. The van der Waals surface area contributed by atoms with Crippen molar-refractivity contribution in [3.05, 3.63) is 59.2 Å². The van der Waals surface area contributed by atoms with Gasteiger partial charge in [0.2, 0.25) is 0 Å². The monoisotopic (exact) mass is 284 g/mol. The van der Waals surface area contributed by atoms with Crippen molar-refractivity contribution in [3.63, 3.8) is 0 Å². The molecule has 2 N–H and O–H groups in total. The first-order valence-electron chi connectivity index (χ1n) is 6.23. The van der Waals surface area contributed by atoms with Crippen molar-refractivity contribution < 1.29 is 14.3 Å². The number of nitrogens with zero attached hydrogens (tertiary/aromatic N) is 1. The first-order chi connectivity index (χ1) is 10.1. The Morgan fingerprint density at radius 2 is 2.19 bits per heavy atom. The first-order valence-corrected chi connectivity index (χ1v) is 6.23. The van der Waals surface area contributed by atoms with E-state index in [1.54, 1.807) is 31.3 Å². The standard InChI is InChI=1S/C16H13FN2O2/c1-11-9-13(6-7-18-11)16(21)19-14-5-4-12(3-2-8-20)15(17)10-14/h4-7,9-10,20H,8H2,1H3,(H,19,21). The molecule has 0 aliphatic rings. The highest BCUT2D eigenvalue weighted by atomic mass is 19.1. The van der Waals surface area contributed by atoms with Crippen LogP contribution in [0.25, 0.3) is 0 Å². The van der Waals surface area contributed by atoms with Gasteiger partial charge in [0.1, 0.15) is 12.4 Å². The summed E-state index contributed by atoms with van der Waals surface area (Å²) in [7, 11) is 0. The number of benzene rings is 1. The molecule has 0 saturated heterocycles. The van der Waals surface area contributed by atoms with Gasteiger partial charge < -0.3 is 10.4 Å². The number of amides is 1. The highest BCUT2D eigenvalue weighted by Crippen LogP contribution is 2.15. The number of aryl methyl sites for hydroxylation is 1. The number of aromatic nitrogens is 1. The van der Waals surface area contributed by atoms with Crippen LogP contribution in [0.5, 0.6) is 0 Å². The zero-order valence-electron chi connectivity index (χ0n) is 11.4. The van der Waals surface area contributed by atoms with Crippen molar-refractivity contribution in [1.29, 1.82) is 0 Å². The molecule has 1 amide bonds. The number of pyridine rings is 1. The lowest BCUT2D eigenvalue weighted by atomic mass is 10.1. The van der Waals surface area contributed by atoms with E-state index in [4.69, 9.17) is 5.11 Å². The third kappa shape index (κ3) is 3.88. The van der Waals surface area contributed by atoms with Gasteiger partial charge in [-0.25, -0.2) is 4.39 Å². The molecule has 0 aliphatic carbocycles. The van der Waals surface area contributed by atoms with Crippen LogP contribution < -0.4 is 5.32 Å². The topological polar surface area (TPSA) is 62.2 Å². The van der Waals surface area contributed by atoms with E-state index < -0.39 is 5.82 Å². The fraction of sp³-hybridized carbons (Fsp3) is 0.125. The largest absolute Gasteiger partial charge is 0.384 e. The lowest BCUT2D eigenvalue weighted by Gasteiger charge is -2.06. The summed E-state index contributed by atoms with van der Waals surface area (Å²) >= 11 is 0. The van der Waals surface area contributed by atoms with Gasteiger partial charge in [-0.2, -0.15) is 0 Å². The van der Waals surface area contributed by atoms with Crippen LogP contribution in [-0.4, -0.2) is 22.6 Å². The van der Waals surface area contributed by atoms with E-state index in [1.165, 1.54) is 12.1 Å². The summed E-state index contributed by atoms with van der Waals surface area (Å²) < 4.78 is 13.7. The van der Waals surface area contributed by atoms with Crippen molar-refractivity contribution in [2.24, 2.45) is 0 Å². The molecule has 0 unspecified atom stereocenters. The van der Waals surface area contributed by atoms with E-state index in [2.05, 4.69) is 22.1 Å². The molecule has 0 atom stereocenters. The van der Waals surface area contributed by atoms with Gasteiger partial charge in [0, 0.05) is 23.1 Å². The molecule has 106 valence electrons. The van der Waals surface area contributed by atoms with E-state index in [1.807, 2.05) is 0 Å². The summed E-state index contributed by atoms with van der Waals surface area (Å²) in [4.78, 5) is 16.0. The maximum atomic E-state index is 13.7. The van der Waals surface area contributed by atoms with E-state index >= 15 is 0 Å². The van der Waals surface area contributed by atoms with E-state index in [0.29, 0.717) is 11.3 Å². The van der Waals surface area contributed by atoms with E-state index in [-0.39, 0.29) is 18.1 Å². The Morgan fingerprint density at radius 1 is 1.38 bits per heavy atom. The molecule has 2 rings (SSSR count). The predicted octanol–water partition coefficient (Wildman–Crippen LogP) is 2.13. The smallest absolute Gasteiger partial charge is 0.255 e. The molecule has 0 spiro atoms. The van der Waals surface area contributed by atoms with Crippen molar-refractivity contribution in [2.75, 3.05) is 11.9 Å². The Kier molecular flexibility index (Phi) is 4.64. The quantitative estimate of drug-likeness (QED) is 0.830. The zero-order chi connectivity index (χ0) is 15.2. The minimum absolute atomic E-state index is 0.168. The molecule has 0 radical (unpaired) electrons. The summed E-state index contributed by atoms with van der Waals surface area (Å²) in [6.45, 7) is 1.45. The minimum atomic E-state index is -0.556. The highest BCUT2D eigenvalue weighted by Gasteiger charge is 2.08. The summed E-state index contributed by atoms with van der Waals surface area (Å²) in [6, 6.07) is 7.42. The van der Waals surface area contributed by atoms with E-state index in [0.717, 1.165) is 5.69 Å². The lowest BCUT2D eigenvalue weighted by molar-refractivity contribution is 0.102. The van der Waals surface area contributed by atoms with E-state index in [9.17, 15) is 9.18 Å². The van der Waals surface area contributed by atoms with Crippen LogP contribution in [-0.2, 0) is 0 Å². The van der Waals surface area contributed by atoms with Gasteiger partial charge in [0.05, 0.1) is 5.56 Å². The molecule has 1 heterocycles. The van der Waals surface area contributed by atoms with Crippen LogP contribution in [0.4, 0.5) is 10.1 Å². The molecular weight excluding hydrogens is 271 g/mol. The van der Waals surface area contributed by atoms with Crippen LogP contribution in [0, 0.1) is 24.6 Å². The number of halogens is 1. The maximum absolute atomic E-state index is 13.7. The van der Waals surface area contributed by atoms with Gasteiger partial charge in [-0.3, -0.25) is 9.78 Å². The van der Waals surface area contributed by atoms with Gasteiger partial charge in [-0.05, 0) is 37.3 Å². The maximum Gasteiger partial charge on any atom is 0.255 e. The number of hydrogen-bond acceptors (Lipinski definition) is 3. The Hall–Kier alpha value is -2.71. The molecule has 0 fully saturated rings. The second kappa shape index (κ2) is 6.64. The molecule has 5 heteroatoms. The van der Waals surface area contributed by atoms with Crippen molar-refractivity contribution in [2.45, 2.75) is 6.92 Å². The molecule has 4 nitrogen and oxygen atoms in total. The Bertz CT molecular complexity index is 733. The Labute approximate surface area is 121 Å². The summed E-state index contributed by atoms with van der Waals surface area (Å²) in [5.41, 5.74) is 1.68. The van der Waals surface area contributed by atoms with Crippen molar-refractivity contribution in [1.82, 2.24) is 4.98 Å². The normalized spacial score (nSPS) is 9.67. The first kappa shape index (κ1) is 14.7. The van der Waals surface area contributed by atoms with Gasteiger partial charge in [0.15, 0.2) is 0 Å². The number of carbonyl (C=O) groups excluding carboxylic acids is 1. The number of aliphatic hydroxyl groups is 1. The number of aliphatic hydroxyl groups excluding tert-OH is 1. The summed E-state index contributed by atoms with van der Waals surface area (Å²) in [5, 5.41) is 11.2. The molecule has 0 bridgehead atoms. The fourth-order valence-corrected chi connectivity index (χ4v) is 1.72. The second-order valence-electron chi connectivity index (χ2n) is 4.29. The molecule has 1 aromatic carbocycles. The predicted molar refractivity (Wildman–Crippen MR) is 77.3 cm³/mol. The average Bonchev–Trinajstić information content (AvgIpc) is 2.46. The summed E-state index contributed by atoms with van der Waals surface area (Å²) in [5.74, 6) is 3.96. The molecular formula is C16H13FN2O2. The number of anilines is 1. The molecule has 21 heavy (non-hydrogen) atoms. The number of nitrogens with one attached hydrogen (secondary N) is 1. The third-order valence-electron chi connectivity index (χ3n) is 2.69. The Morgan fingerprint density at radius 3 is 2.86 bits per heavy atom. The molecule has 0 saturated carbocycles. The van der Waals surface area contributed by atoms with Crippen LogP contribution in [0.2, 0.25) is 0 Å². The second-order valence-corrected chi connectivity index (χ2v) is 4.29. The number of carbonyl (C=O) groups is 1. The van der Waals surface area contributed by atoms with Crippen molar-refractivity contribution >= 4 is 11.6 Å². The van der Waals surface area contributed by atoms with Gasteiger partial charge in [0.25, 0.3) is 5.91 Å². The molecule has 0 aliphatic heterocycles. The zero-order valence-corrected chi connectivity index (χ0v) is 11.4. The minimum Gasteiger partial charge on any atom is -0.384 e. The average molecular weight is 284 g/mol. The van der Waals surface area contributed by atoms with Gasteiger partial charge in [-0.15, -0.1) is 0 Å². The SMILES string of the molecule is Cc1cc(C(=O)Nc2ccc(C#CCO)c(F)c2)ccn1. The number of rotatable bonds is 2. The third-order valence-corrected chi connectivity index (χ3v) is 2.69. The lowest BCUT2D eigenvalue weighted by Crippen LogP contribution is -2.12. The van der Waals surface area contributed by atoms with Crippen LogP contribution in [0.15, 0.2) is 36.5 Å². The van der Waals surface area contributed by atoms with Crippen LogP contribution >= 0.6 is 0 Å². The van der Waals surface area contributed by atoms with Crippen LogP contribution in [0.3, 0.4) is 0 Å². The fourth-order valence-electron chi connectivity index (χ4n) is 1.72. The van der Waals surface area contributed by atoms with Crippen LogP contribution in [0.1, 0.15) is 21.6 Å². The van der Waals surface area contributed by atoms with Gasteiger partial charge in [-0.1, -0.05) is 11.8 Å². The van der Waals surface area contributed by atoms with Gasteiger partial charge >= 0.3 is 0 Å². The van der Waals surface area contributed by atoms with Crippen molar-refractivity contribution in [3.8, 4) is 11.8 Å². The Balaban J connectivity index is 2.17. The molecule has 1 aromatic heterocycles. The number of hydrogen-bond donors (Lipinski definition) is 2.